The summed E-state index contributed by atoms with van der Waals surface area (Å²) >= 11 is 0. The predicted octanol–water partition coefficient (Wildman–Crippen LogP) is 4.27. The number of para-hydroxylation sites is 1. The molecule has 0 saturated heterocycles. The van der Waals surface area contributed by atoms with Gasteiger partial charge in [-0.3, -0.25) is 4.79 Å². The summed E-state index contributed by atoms with van der Waals surface area (Å²) in [5.41, 5.74) is 2.68. The molecule has 0 bridgehead atoms. The molecule has 27 heavy (non-hydrogen) atoms. The summed E-state index contributed by atoms with van der Waals surface area (Å²) in [5.74, 6) is -1.06. The van der Waals surface area contributed by atoms with Gasteiger partial charge in [0.15, 0.2) is 0 Å². The fourth-order valence-corrected chi connectivity index (χ4v) is 3.13. The third-order valence-electron chi connectivity index (χ3n) is 4.51. The van der Waals surface area contributed by atoms with E-state index in [1.165, 1.54) is 12.0 Å². The number of esters is 1. The Morgan fingerprint density at radius 3 is 1.78 bits per heavy atom. The average molecular weight is 359 g/mol. The van der Waals surface area contributed by atoms with E-state index in [9.17, 15) is 9.59 Å². The Morgan fingerprint density at radius 2 is 1.26 bits per heavy atom. The summed E-state index contributed by atoms with van der Waals surface area (Å²) in [6.45, 7) is 0. The van der Waals surface area contributed by atoms with E-state index in [-0.39, 0.29) is 5.91 Å². The number of hydrogen-bond acceptors (Lipinski definition) is 3. The molecule has 0 unspecified atom stereocenters. The Labute approximate surface area is 159 Å². The monoisotopic (exact) mass is 359 g/mol. The van der Waals surface area contributed by atoms with Crippen LogP contribution in [0.1, 0.15) is 27.4 Å². The first-order chi connectivity index (χ1) is 13.1. The largest absolute Gasteiger partial charge is 0.465 e. The van der Waals surface area contributed by atoms with Crippen molar-refractivity contribution in [2.45, 2.75) is 5.92 Å². The molecular formula is C23H21NO3. The minimum Gasteiger partial charge on any atom is -0.465 e. The number of rotatable bonds is 5. The van der Waals surface area contributed by atoms with E-state index in [0.29, 0.717) is 11.3 Å². The molecular weight excluding hydrogens is 338 g/mol. The van der Waals surface area contributed by atoms with Crippen molar-refractivity contribution in [2.75, 3.05) is 19.1 Å². The van der Waals surface area contributed by atoms with Gasteiger partial charge in [0.05, 0.1) is 24.3 Å². The van der Waals surface area contributed by atoms with E-state index in [0.717, 1.165) is 11.1 Å². The lowest BCUT2D eigenvalue weighted by atomic mass is 9.90. The van der Waals surface area contributed by atoms with Gasteiger partial charge in [-0.05, 0) is 23.3 Å². The van der Waals surface area contributed by atoms with Crippen LogP contribution >= 0.6 is 0 Å². The van der Waals surface area contributed by atoms with E-state index in [2.05, 4.69) is 0 Å². The minimum atomic E-state index is -0.471. The van der Waals surface area contributed by atoms with Gasteiger partial charge in [-0.25, -0.2) is 4.79 Å². The van der Waals surface area contributed by atoms with E-state index >= 15 is 0 Å². The number of nitrogens with zero attached hydrogens (tertiary/aromatic N) is 1. The van der Waals surface area contributed by atoms with Crippen molar-refractivity contribution in [3.05, 3.63) is 102 Å². The van der Waals surface area contributed by atoms with Crippen LogP contribution in [0.4, 0.5) is 5.69 Å². The maximum Gasteiger partial charge on any atom is 0.339 e. The fourth-order valence-electron chi connectivity index (χ4n) is 3.13. The molecule has 1 amide bonds. The van der Waals surface area contributed by atoms with Gasteiger partial charge in [-0.2, -0.15) is 0 Å². The van der Waals surface area contributed by atoms with Gasteiger partial charge in [0.2, 0.25) is 5.91 Å². The summed E-state index contributed by atoms with van der Waals surface area (Å²) in [6.07, 6.45) is 0. The molecule has 0 aliphatic carbocycles. The Kier molecular flexibility index (Phi) is 5.67. The number of hydrogen-bond donors (Lipinski definition) is 0. The first kappa shape index (κ1) is 18.4. The van der Waals surface area contributed by atoms with Crippen molar-refractivity contribution in [1.82, 2.24) is 0 Å². The summed E-state index contributed by atoms with van der Waals surface area (Å²) < 4.78 is 4.86. The molecule has 0 fully saturated rings. The minimum absolute atomic E-state index is 0.122. The maximum absolute atomic E-state index is 13.5. The molecule has 0 spiro atoms. The lowest BCUT2D eigenvalue weighted by molar-refractivity contribution is -0.118. The number of methoxy groups -OCH3 is 1. The van der Waals surface area contributed by atoms with Gasteiger partial charge in [-0.15, -0.1) is 0 Å². The van der Waals surface area contributed by atoms with Crippen LogP contribution in [0, 0.1) is 0 Å². The summed E-state index contributed by atoms with van der Waals surface area (Å²) in [6, 6.07) is 26.2. The highest BCUT2D eigenvalue weighted by molar-refractivity contribution is 6.05. The zero-order chi connectivity index (χ0) is 19.2. The van der Waals surface area contributed by atoms with Crippen LogP contribution < -0.4 is 4.90 Å². The number of anilines is 1. The van der Waals surface area contributed by atoms with Crippen molar-refractivity contribution >= 4 is 17.6 Å². The number of carbonyl (C=O) groups is 2. The summed E-state index contributed by atoms with van der Waals surface area (Å²) in [4.78, 5) is 27.1. The molecule has 4 nitrogen and oxygen atoms in total. The normalized spacial score (nSPS) is 10.5. The van der Waals surface area contributed by atoms with Crippen molar-refractivity contribution in [1.29, 1.82) is 0 Å². The molecule has 0 heterocycles. The quantitative estimate of drug-likeness (QED) is 0.639. The number of likely N-dealkylation sites (N-methyl/N-ethyl adjacent to an activating group) is 1. The van der Waals surface area contributed by atoms with E-state index in [1.54, 1.807) is 31.3 Å². The third-order valence-corrected chi connectivity index (χ3v) is 4.51. The van der Waals surface area contributed by atoms with Gasteiger partial charge in [0, 0.05) is 7.05 Å². The molecule has 0 N–H and O–H groups in total. The van der Waals surface area contributed by atoms with Crippen molar-refractivity contribution in [3.63, 3.8) is 0 Å². The van der Waals surface area contributed by atoms with Crippen LogP contribution in [-0.2, 0) is 9.53 Å². The van der Waals surface area contributed by atoms with Crippen LogP contribution in [0.15, 0.2) is 84.9 Å². The molecule has 0 atom stereocenters. The molecule has 3 aromatic rings. The summed E-state index contributed by atoms with van der Waals surface area (Å²) in [5, 5.41) is 0. The highest BCUT2D eigenvalue weighted by Gasteiger charge is 2.28. The second-order valence-corrected chi connectivity index (χ2v) is 6.16. The Balaban J connectivity index is 2.04. The van der Waals surface area contributed by atoms with Gasteiger partial charge in [0.25, 0.3) is 0 Å². The smallest absolute Gasteiger partial charge is 0.339 e. The van der Waals surface area contributed by atoms with Gasteiger partial charge in [0.1, 0.15) is 0 Å². The van der Waals surface area contributed by atoms with Crippen LogP contribution in [0.2, 0.25) is 0 Å². The molecule has 3 aromatic carbocycles. The topological polar surface area (TPSA) is 46.6 Å². The molecule has 0 saturated carbocycles. The summed E-state index contributed by atoms with van der Waals surface area (Å²) in [7, 11) is 3.01. The van der Waals surface area contributed by atoms with Crippen LogP contribution in [-0.4, -0.2) is 26.0 Å². The van der Waals surface area contributed by atoms with E-state index in [1.807, 2.05) is 60.7 Å². The van der Waals surface area contributed by atoms with Crippen molar-refractivity contribution in [2.24, 2.45) is 0 Å². The number of amides is 1. The van der Waals surface area contributed by atoms with Crippen LogP contribution in [0.5, 0.6) is 0 Å². The van der Waals surface area contributed by atoms with E-state index in [4.69, 9.17) is 4.74 Å². The Morgan fingerprint density at radius 1 is 0.778 bits per heavy atom. The lowest BCUT2D eigenvalue weighted by Crippen LogP contribution is -2.33. The molecule has 0 aliphatic rings. The zero-order valence-corrected chi connectivity index (χ0v) is 15.3. The lowest BCUT2D eigenvalue weighted by Gasteiger charge is -2.26. The standard InChI is InChI=1S/C23H21NO3/c1-24(20-16-10-9-15-19(20)23(26)27-2)22(25)21(17-11-5-3-6-12-17)18-13-7-4-8-14-18/h3-16,21H,1-2H3. The molecule has 0 radical (unpaired) electrons. The first-order valence-corrected chi connectivity index (χ1v) is 8.68. The maximum atomic E-state index is 13.5. The number of carbonyl (C=O) groups excluding carboxylic acids is 2. The molecule has 4 heteroatoms. The van der Waals surface area contributed by atoms with Crippen molar-refractivity contribution < 1.29 is 14.3 Å². The second-order valence-electron chi connectivity index (χ2n) is 6.16. The molecule has 3 rings (SSSR count). The fraction of sp³-hybridized carbons (Fsp3) is 0.130. The zero-order valence-electron chi connectivity index (χ0n) is 15.3. The third kappa shape index (κ3) is 3.90. The van der Waals surface area contributed by atoms with Gasteiger partial charge < -0.3 is 9.64 Å². The predicted molar refractivity (Wildman–Crippen MR) is 106 cm³/mol. The van der Waals surface area contributed by atoms with Crippen molar-refractivity contribution in [3.8, 4) is 0 Å². The average Bonchev–Trinajstić information content (AvgIpc) is 2.74. The van der Waals surface area contributed by atoms with Crippen LogP contribution in [0.25, 0.3) is 0 Å². The second kappa shape index (κ2) is 8.32. The molecule has 0 aromatic heterocycles. The molecule has 0 aliphatic heterocycles. The SMILES string of the molecule is COC(=O)c1ccccc1N(C)C(=O)C(c1ccccc1)c1ccccc1. The van der Waals surface area contributed by atoms with E-state index < -0.39 is 11.9 Å². The molecule has 136 valence electrons. The number of benzene rings is 3. The van der Waals surface area contributed by atoms with Gasteiger partial charge >= 0.3 is 5.97 Å². The number of ether oxygens (including phenoxy) is 1. The van der Waals surface area contributed by atoms with Gasteiger partial charge in [-0.1, -0.05) is 72.8 Å². The van der Waals surface area contributed by atoms with Crippen LogP contribution in [0.3, 0.4) is 0 Å². The first-order valence-electron chi connectivity index (χ1n) is 8.68. The highest BCUT2D eigenvalue weighted by Crippen LogP contribution is 2.30. The Hall–Kier alpha value is -3.40. The Bertz CT molecular complexity index is 883. The highest BCUT2D eigenvalue weighted by atomic mass is 16.5.